The van der Waals surface area contributed by atoms with Gasteiger partial charge in [0, 0.05) is 24.8 Å². The Hall–Kier alpha value is -3.07. The first-order chi connectivity index (χ1) is 12.6. The molecular weight excluding hydrogens is 328 g/mol. The van der Waals surface area contributed by atoms with Crippen LogP contribution >= 0.6 is 0 Å². The predicted molar refractivity (Wildman–Crippen MR) is 98.6 cm³/mol. The van der Waals surface area contributed by atoms with Crippen LogP contribution in [0.4, 0.5) is 10.5 Å². The molecule has 3 rings (SSSR count). The normalized spacial score (nSPS) is 15.8. The van der Waals surface area contributed by atoms with Crippen molar-refractivity contribution < 1.29 is 9.53 Å². The van der Waals surface area contributed by atoms with Crippen LogP contribution in [0.15, 0.2) is 48.8 Å². The number of carbonyl (C=O) groups excluding carboxylic acids is 1. The minimum Gasteiger partial charge on any atom is -0.445 e. The smallest absolute Gasteiger partial charge is 0.407 e. The number of ether oxygens (including phenoxy) is 1. The molecule has 6 heteroatoms. The van der Waals surface area contributed by atoms with Crippen LogP contribution in [0.2, 0.25) is 0 Å². The van der Waals surface area contributed by atoms with Gasteiger partial charge < -0.3 is 15.0 Å². The Bertz CT molecular complexity index is 793. The molecule has 1 N–H and O–H groups in total. The van der Waals surface area contributed by atoms with E-state index in [2.05, 4.69) is 21.3 Å². The lowest BCUT2D eigenvalue weighted by atomic mass is 9.89. The molecule has 0 atom stereocenters. The quantitative estimate of drug-likeness (QED) is 0.916. The molecule has 6 nitrogen and oxygen atoms in total. The number of nitrogens with zero attached hydrogens (tertiary/aromatic N) is 3. The van der Waals surface area contributed by atoms with Crippen molar-refractivity contribution in [2.45, 2.75) is 31.9 Å². The van der Waals surface area contributed by atoms with Crippen LogP contribution in [0.5, 0.6) is 0 Å². The van der Waals surface area contributed by atoms with Gasteiger partial charge in [0.1, 0.15) is 12.7 Å². The molecule has 1 aliphatic heterocycles. The maximum atomic E-state index is 12.1. The Kier molecular flexibility index (Phi) is 5.37. The van der Waals surface area contributed by atoms with Crippen molar-refractivity contribution in [3.05, 3.63) is 59.9 Å². The standard InChI is InChI=1S/C20H22N4O2/c1-20(23-19(25)26-15-16-5-3-2-4-6-16)7-9-24(10-8-20)18-11-17(12-21)13-22-14-18/h2-6,11,13-14H,7-10,15H2,1H3,(H,23,25). The summed E-state index contributed by atoms with van der Waals surface area (Å²) in [6.07, 6.45) is 4.53. The Balaban J connectivity index is 1.51. The highest BCUT2D eigenvalue weighted by molar-refractivity contribution is 5.68. The molecule has 26 heavy (non-hydrogen) atoms. The van der Waals surface area contributed by atoms with Gasteiger partial charge in [0.2, 0.25) is 0 Å². The minimum atomic E-state index is -0.391. The van der Waals surface area contributed by atoms with Crippen LogP contribution in [-0.2, 0) is 11.3 Å². The lowest BCUT2D eigenvalue weighted by Gasteiger charge is -2.40. The number of amides is 1. The van der Waals surface area contributed by atoms with Crippen LogP contribution in [0.3, 0.4) is 0 Å². The molecule has 0 bridgehead atoms. The van der Waals surface area contributed by atoms with Gasteiger partial charge in [-0.25, -0.2) is 4.79 Å². The molecule has 1 aliphatic rings. The number of hydrogen-bond acceptors (Lipinski definition) is 5. The second kappa shape index (κ2) is 7.87. The highest BCUT2D eigenvalue weighted by atomic mass is 16.5. The average Bonchev–Trinajstić information content (AvgIpc) is 2.67. The molecule has 0 saturated carbocycles. The van der Waals surface area contributed by atoms with Gasteiger partial charge >= 0.3 is 6.09 Å². The van der Waals surface area contributed by atoms with Gasteiger partial charge in [-0.15, -0.1) is 0 Å². The molecule has 0 aliphatic carbocycles. The van der Waals surface area contributed by atoms with Crippen molar-refractivity contribution in [2.75, 3.05) is 18.0 Å². The van der Waals surface area contributed by atoms with E-state index in [-0.39, 0.29) is 12.1 Å². The summed E-state index contributed by atoms with van der Waals surface area (Å²) in [6, 6.07) is 13.6. The first-order valence-electron chi connectivity index (χ1n) is 8.67. The fourth-order valence-corrected chi connectivity index (χ4v) is 3.05. The summed E-state index contributed by atoms with van der Waals surface area (Å²) < 4.78 is 5.33. The summed E-state index contributed by atoms with van der Waals surface area (Å²) in [5.41, 5.74) is 2.16. The number of nitriles is 1. The van der Waals surface area contributed by atoms with Crippen molar-refractivity contribution in [3.8, 4) is 6.07 Å². The van der Waals surface area contributed by atoms with E-state index in [0.717, 1.165) is 37.2 Å². The Labute approximate surface area is 153 Å². The van der Waals surface area contributed by atoms with Gasteiger partial charge in [-0.3, -0.25) is 4.98 Å². The summed E-state index contributed by atoms with van der Waals surface area (Å²) in [5, 5.41) is 12.0. The molecule has 2 heterocycles. The first-order valence-corrected chi connectivity index (χ1v) is 8.67. The van der Waals surface area contributed by atoms with Gasteiger partial charge in [-0.05, 0) is 31.4 Å². The number of benzene rings is 1. The lowest BCUT2D eigenvalue weighted by Crippen LogP contribution is -2.53. The summed E-state index contributed by atoms with van der Waals surface area (Å²) in [6.45, 7) is 3.87. The molecule has 1 saturated heterocycles. The molecule has 0 radical (unpaired) electrons. The summed E-state index contributed by atoms with van der Waals surface area (Å²) in [4.78, 5) is 18.4. The Morgan fingerprint density at radius 3 is 2.73 bits per heavy atom. The van der Waals surface area contributed by atoms with E-state index in [1.807, 2.05) is 43.3 Å². The highest BCUT2D eigenvalue weighted by Gasteiger charge is 2.32. The second-order valence-corrected chi connectivity index (χ2v) is 6.78. The average molecular weight is 350 g/mol. The summed E-state index contributed by atoms with van der Waals surface area (Å²) >= 11 is 0. The van der Waals surface area contributed by atoms with Crippen molar-refractivity contribution >= 4 is 11.8 Å². The van der Waals surface area contributed by atoms with Crippen molar-refractivity contribution in [1.82, 2.24) is 10.3 Å². The van der Waals surface area contributed by atoms with E-state index >= 15 is 0 Å². The molecule has 0 spiro atoms. The fraction of sp³-hybridized carbons (Fsp3) is 0.350. The fourth-order valence-electron chi connectivity index (χ4n) is 3.05. The maximum Gasteiger partial charge on any atom is 0.407 e. The van der Waals surface area contributed by atoms with Crippen LogP contribution in [-0.4, -0.2) is 29.7 Å². The first kappa shape index (κ1) is 17.7. The molecular formula is C20H22N4O2. The zero-order valence-electron chi connectivity index (χ0n) is 14.8. The van der Waals surface area contributed by atoms with E-state index in [1.165, 1.54) is 0 Å². The molecule has 1 aromatic carbocycles. The molecule has 0 unspecified atom stereocenters. The van der Waals surface area contributed by atoms with Crippen molar-refractivity contribution in [2.24, 2.45) is 0 Å². The molecule has 1 fully saturated rings. The number of alkyl carbamates (subject to hydrolysis) is 1. The van der Waals surface area contributed by atoms with E-state index in [9.17, 15) is 4.79 Å². The van der Waals surface area contributed by atoms with Crippen LogP contribution in [0.25, 0.3) is 0 Å². The van der Waals surface area contributed by atoms with Gasteiger partial charge in [-0.2, -0.15) is 5.26 Å². The van der Waals surface area contributed by atoms with Crippen molar-refractivity contribution in [3.63, 3.8) is 0 Å². The summed E-state index contributed by atoms with van der Waals surface area (Å²) in [5.74, 6) is 0. The number of aromatic nitrogens is 1. The van der Waals surface area contributed by atoms with E-state index in [0.29, 0.717) is 5.56 Å². The second-order valence-electron chi connectivity index (χ2n) is 6.78. The van der Waals surface area contributed by atoms with Crippen LogP contribution in [0.1, 0.15) is 30.9 Å². The number of pyridine rings is 1. The van der Waals surface area contributed by atoms with E-state index in [1.54, 1.807) is 12.4 Å². The number of piperidine rings is 1. The third-order valence-electron chi connectivity index (χ3n) is 4.70. The molecule has 1 aromatic heterocycles. The zero-order valence-corrected chi connectivity index (χ0v) is 14.8. The number of hydrogen-bond donors (Lipinski definition) is 1. The van der Waals surface area contributed by atoms with Gasteiger partial charge in [0.15, 0.2) is 0 Å². The molecule has 134 valence electrons. The Morgan fingerprint density at radius 2 is 2.04 bits per heavy atom. The van der Waals surface area contributed by atoms with E-state index in [4.69, 9.17) is 10.00 Å². The zero-order chi connectivity index (χ0) is 18.4. The minimum absolute atomic E-state index is 0.265. The van der Waals surface area contributed by atoms with Gasteiger partial charge in [0.25, 0.3) is 0 Å². The van der Waals surface area contributed by atoms with E-state index < -0.39 is 6.09 Å². The van der Waals surface area contributed by atoms with Gasteiger partial charge in [-0.1, -0.05) is 30.3 Å². The van der Waals surface area contributed by atoms with Crippen molar-refractivity contribution in [1.29, 1.82) is 5.26 Å². The lowest BCUT2D eigenvalue weighted by molar-refractivity contribution is 0.123. The largest absolute Gasteiger partial charge is 0.445 e. The number of nitrogens with one attached hydrogen (secondary N) is 1. The van der Waals surface area contributed by atoms with Crippen LogP contribution in [0, 0.1) is 11.3 Å². The number of carbonyl (C=O) groups is 1. The maximum absolute atomic E-state index is 12.1. The monoisotopic (exact) mass is 350 g/mol. The SMILES string of the molecule is CC1(NC(=O)OCc2ccccc2)CCN(c2cncc(C#N)c2)CC1. The number of rotatable bonds is 4. The molecule has 2 aromatic rings. The Morgan fingerprint density at radius 1 is 1.31 bits per heavy atom. The van der Waals surface area contributed by atoms with Crippen LogP contribution < -0.4 is 10.2 Å². The predicted octanol–water partition coefficient (Wildman–Crippen LogP) is 3.24. The van der Waals surface area contributed by atoms with Gasteiger partial charge in [0.05, 0.1) is 17.4 Å². The summed E-state index contributed by atoms with van der Waals surface area (Å²) in [7, 11) is 0. The molecule has 1 amide bonds. The topological polar surface area (TPSA) is 78.2 Å². The third-order valence-corrected chi connectivity index (χ3v) is 4.70. The highest BCUT2D eigenvalue weighted by Crippen LogP contribution is 2.26. The number of anilines is 1. The third kappa shape index (κ3) is 4.51.